The number of aromatic nitrogens is 1. The first-order valence-corrected chi connectivity index (χ1v) is 9.17. The van der Waals surface area contributed by atoms with E-state index in [2.05, 4.69) is 28.5 Å². The molecular weight excluding hydrogens is 286 g/mol. The molecule has 1 aromatic rings. The Hall–Kier alpha value is -0.850. The highest BCUT2D eigenvalue weighted by Crippen LogP contribution is 2.51. The van der Waals surface area contributed by atoms with Gasteiger partial charge in [0.25, 0.3) is 0 Å². The maximum Gasteiger partial charge on any atom is 0.242 e. The van der Waals surface area contributed by atoms with E-state index < -0.39 is 10.0 Å². The number of hydrogen-bond donors (Lipinski definition) is 2. The highest BCUT2D eigenvalue weighted by Gasteiger charge is 2.45. The molecule has 2 fully saturated rings. The van der Waals surface area contributed by atoms with Crippen molar-refractivity contribution in [1.29, 1.82) is 0 Å². The fourth-order valence-electron chi connectivity index (χ4n) is 2.88. The molecule has 0 aliphatic heterocycles. The van der Waals surface area contributed by atoms with Crippen LogP contribution >= 0.6 is 0 Å². The Bertz CT molecular complexity index is 629. The summed E-state index contributed by atoms with van der Waals surface area (Å²) < 4.78 is 29.8. The maximum absolute atomic E-state index is 12.4. The summed E-state index contributed by atoms with van der Waals surface area (Å²) in [5.41, 5.74) is 1.34. The van der Waals surface area contributed by atoms with Gasteiger partial charge in [0.15, 0.2) is 0 Å². The monoisotopic (exact) mass is 311 g/mol. The van der Waals surface area contributed by atoms with Crippen LogP contribution in [-0.2, 0) is 16.6 Å². The molecular formula is C15H25N3O2S. The van der Waals surface area contributed by atoms with Crippen LogP contribution in [0.2, 0.25) is 0 Å². The Morgan fingerprint density at radius 1 is 1.38 bits per heavy atom. The zero-order valence-corrected chi connectivity index (χ0v) is 13.8. The Labute approximate surface area is 127 Å². The predicted octanol–water partition coefficient (Wildman–Crippen LogP) is 1.87. The minimum Gasteiger partial charge on any atom is -0.346 e. The molecule has 1 atom stereocenters. The molecule has 1 aromatic heterocycles. The lowest BCUT2D eigenvalue weighted by Gasteiger charge is -2.06. The van der Waals surface area contributed by atoms with E-state index in [1.807, 2.05) is 7.05 Å². The molecule has 118 valence electrons. The summed E-state index contributed by atoms with van der Waals surface area (Å²) in [6.07, 6.45) is 5.19. The second-order valence-corrected chi connectivity index (χ2v) is 8.84. The van der Waals surface area contributed by atoms with Crippen LogP contribution in [0.4, 0.5) is 0 Å². The average Bonchev–Trinajstić information content (AvgIpc) is 3.29. The van der Waals surface area contributed by atoms with E-state index in [1.54, 1.807) is 12.3 Å². The van der Waals surface area contributed by atoms with Gasteiger partial charge in [-0.25, -0.2) is 13.1 Å². The second-order valence-electron chi connectivity index (χ2n) is 7.08. The van der Waals surface area contributed by atoms with E-state index in [0.29, 0.717) is 35.4 Å². The molecule has 0 spiro atoms. The molecule has 3 rings (SSSR count). The van der Waals surface area contributed by atoms with Crippen molar-refractivity contribution in [3.8, 4) is 0 Å². The van der Waals surface area contributed by atoms with Crippen molar-refractivity contribution < 1.29 is 8.42 Å². The van der Waals surface area contributed by atoms with E-state index in [4.69, 9.17) is 0 Å². The average molecular weight is 311 g/mol. The molecule has 2 saturated carbocycles. The summed E-state index contributed by atoms with van der Waals surface area (Å²) in [6, 6.07) is 2.29. The first kappa shape index (κ1) is 15.1. The second kappa shape index (κ2) is 5.11. The van der Waals surface area contributed by atoms with Crippen molar-refractivity contribution in [2.75, 3.05) is 13.6 Å². The van der Waals surface area contributed by atoms with Crippen molar-refractivity contribution >= 4 is 10.0 Å². The molecule has 21 heavy (non-hydrogen) atoms. The van der Waals surface area contributed by atoms with Gasteiger partial charge in [-0.3, -0.25) is 0 Å². The third-order valence-corrected chi connectivity index (χ3v) is 6.14. The SMILES string of the molecule is CNCc1cc(S(=O)(=O)NCC2CC2(C)C)cn1C1CC1. The molecule has 1 unspecified atom stereocenters. The predicted molar refractivity (Wildman–Crippen MR) is 82.5 cm³/mol. The molecule has 6 heteroatoms. The summed E-state index contributed by atoms with van der Waals surface area (Å²) >= 11 is 0. The van der Waals surface area contributed by atoms with Gasteiger partial charge in [0.2, 0.25) is 10.0 Å². The van der Waals surface area contributed by atoms with Crippen LogP contribution in [0, 0.1) is 11.3 Å². The number of rotatable bonds is 7. The highest BCUT2D eigenvalue weighted by atomic mass is 32.2. The Morgan fingerprint density at radius 3 is 2.57 bits per heavy atom. The van der Waals surface area contributed by atoms with Crippen LogP contribution in [0.15, 0.2) is 17.2 Å². The third-order valence-electron chi connectivity index (χ3n) is 4.75. The molecule has 0 amide bonds. The maximum atomic E-state index is 12.4. The van der Waals surface area contributed by atoms with Gasteiger partial charge in [-0.1, -0.05) is 13.8 Å². The van der Waals surface area contributed by atoms with Crippen molar-refractivity contribution in [3.63, 3.8) is 0 Å². The number of nitrogens with one attached hydrogen (secondary N) is 2. The lowest BCUT2D eigenvalue weighted by molar-refractivity contribution is 0.537. The Morgan fingerprint density at radius 2 is 2.05 bits per heavy atom. The van der Waals surface area contributed by atoms with Crippen LogP contribution in [0.5, 0.6) is 0 Å². The number of nitrogens with zero attached hydrogens (tertiary/aromatic N) is 1. The minimum absolute atomic E-state index is 0.291. The number of sulfonamides is 1. The van der Waals surface area contributed by atoms with E-state index in [1.165, 1.54) is 0 Å². The van der Waals surface area contributed by atoms with Gasteiger partial charge in [0.1, 0.15) is 0 Å². The standard InChI is InChI=1S/C15H25N3O2S/c1-15(2)7-11(15)8-17-21(19,20)14-6-13(9-16-3)18(10-14)12-4-5-12/h6,10-12,16-17H,4-5,7-9H2,1-3H3. The number of hydrogen-bond acceptors (Lipinski definition) is 3. The Balaban J connectivity index is 1.73. The summed E-state index contributed by atoms with van der Waals surface area (Å²) in [5.74, 6) is 0.467. The van der Waals surface area contributed by atoms with Gasteiger partial charge >= 0.3 is 0 Å². The van der Waals surface area contributed by atoms with E-state index in [-0.39, 0.29) is 0 Å². The topological polar surface area (TPSA) is 63.1 Å². The van der Waals surface area contributed by atoms with Gasteiger partial charge in [0, 0.05) is 31.0 Å². The van der Waals surface area contributed by atoms with Gasteiger partial charge in [-0.05, 0) is 43.7 Å². The van der Waals surface area contributed by atoms with Crippen LogP contribution in [0.1, 0.15) is 44.8 Å². The minimum atomic E-state index is -3.39. The zero-order valence-electron chi connectivity index (χ0n) is 13.0. The largest absolute Gasteiger partial charge is 0.346 e. The molecule has 2 aliphatic rings. The molecule has 2 N–H and O–H groups in total. The van der Waals surface area contributed by atoms with Crippen LogP contribution in [-0.4, -0.2) is 26.6 Å². The van der Waals surface area contributed by atoms with Crippen molar-refractivity contribution in [1.82, 2.24) is 14.6 Å². The molecule has 1 heterocycles. The molecule has 0 radical (unpaired) electrons. The van der Waals surface area contributed by atoms with Crippen molar-refractivity contribution in [2.45, 2.75) is 50.6 Å². The van der Waals surface area contributed by atoms with Crippen molar-refractivity contribution in [2.24, 2.45) is 11.3 Å². The molecule has 0 aromatic carbocycles. The van der Waals surface area contributed by atoms with Gasteiger partial charge < -0.3 is 9.88 Å². The smallest absolute Gasteiger partial charge is 0.242 e. The van der Waals surface area contributed by atoms with Crippen LogP contribution in [0.3, 0.4) is 0 Å². The van der Waals surface area contributed by atoms with Gasteiger partial charge in [0.05, 0.1) is 4.90 Å². The van der Waals surface area contributed by atoms with Crippen LogP contribution < -0.4 is 10.0 Å². The zero-order chi connectivity index (χ0) is 15.3. The van der Waals surface area contributed by atoms with E-state index in [0.717, 1.165) is 25.0 Å². The summed E-state index contributed by atoms with van der Waals surface area (Å²) in [5, 5.41) is 3.11. The summed E-state index contributed by atoms with van der Waals surface area (Å²) in [7, 11) is -1.51. The van der Waals surface area contributed by atoms with Gasteiger partial charge in [-0.15, -0.1) is 0 Å². The first-order chi connectivity index (χ1) is 9.83. The van der Waals surface area contributed by atoms with E-state index in [9.17, 15) is 8.42 Å². The third kappa shape index (κ3) is 3.17. The van der Waals surface area contributed by atoms with Crippen molar-refractivity contribution in [3.05, 3.63) is 18.0 Å². The lowest BCUT2D eigenvalue weighted by Crippen LogP contribution is -2.26. The summed E-state index contributed by atoms with van der Waals surface area (Å²) in [4.78, 5) is 0.401. The molecule has 5 nitrogen and oxygen atoms in total. The molecule has 0 bridgehead atoms. The fourth-order valence-corrected chi connectivity index (χ4v) is 4.01. The quantitative estimate of drug-likeness (QED) is 0.808. The highest BCUT2D eigenvalue weighted by molar-refractivity contribution is 7.89. The fraction of sp³-hybridized carbons (Fsp3) is 0.733. The van der Waals surface area contributed by atoms with E-state index >= 15 is 0 Å². The Kier molecular flexibility index (Phi) is 3.66. The molecule has 0 saturated heterocycles. The summed E-state index contributed by atoms with van der Waals surface area (Å²) in [6.45, 7) is 5.61. The molecule has 2 aliphatic carbocycles. The lowest BCUT2D eigenvalue weighted by atomic mass is 10.1. The normalized spacial score (nSPS) is 24.2. The van der Waals surface area contributed by atoms with Crippen LogP contribution in [0.25, 0.3) is 0 Å². The van der Waals surface area contributed by atoms with Gasteiger partial charge in [-0.2, -0.15) is 0 Å². The first-order valence-electron chi connectivity index (χ1n) is 7.68.